The van der Waals surface area contributed by atoms with E-state index in [4.69, 9.17) is 0 Å². The van der Waals surface area contributed by atoms with Crippen LogP contribution in [0.2, 0.25) is 0 Å². The van der Waals surface area contributed by atoms with E-state index in [2.05, 4.69) is 4.98 Å². The zero-order valence-corrected chi connectivity index (χ0v) is 14.0. The van der Waals surface area contributed by atoms with Crippen molar-refractivity contribution in [2.75, 3.05) is 27.2 Å². The Balaban J connectivity index is 2.07. The van der Waals surface area contributed by atoms with Crippen molar-refractivity contribution in [3.63, 3.8) is 0 Å². The smallest absolute Gasteiger partial charge is 0.246 e. The number of benzene rings is 1. The predicted molar refractivity (Wildman–Crippen MR) is 93.6 cm³/mol. The van der Waals surface area contributed by atoms with Crippen LogP contribution in [-0.2, 0) is 11.3 Å². The van der Waals surface area contributed by atoms with Crippen LogP contribution in [0.4, 0.5) is 4.39 Å². The van der Waals surface area contributed by atoms with Gasteiger partial charge < -0.3 is 9.80 Å². The van der Waals surface area contributed by atoms with Crippen molar-refractivity contribution in [1.29, 1.82) is 0 Å². The highest BCUT2D eigenvalue weighted by atomic mass is 19.1. The lowest BCUT2D eigenvalue weighted by molar-refractivity contribution is -0.126. The highest BCUT2D eigenvalue weighted by molar-refractivity contribution is 5.91. The van der Waals surface area contributed by atoms with E-state index in [0.717, 1.165) is 17.7 Å². The minimum absolute atomic E-state index is 0.0787. The standard InChI is InChI=1S/C19H22FN3O/c1-22(2)12-13-23(15-17-5-8-18(20)9-6-17)19(24)10-7-16-4-3-11-21-14-16/h3-11,14H,12-13,15H2,1-2H3/b10-7-. The van der Waals surface area contributed by atoms with Gasteiger partial charge in [0.2, 0.25) is 5.91 Å². The van der Waals surface area contributed by atoms with Crippen LogP contribution in [0.15, 0.2) is 54.9 Å². The minimum atomic E-state index is -0.276. The number of hydrogen-bond acceptors (Lipinski definition) is 3. The molecule has 1 heterocycles. The summed E-state index contributed by atoms with van der Waals surface area (Å²) in [6.45, 7) is 1.80. The number of hydrogen-bond donors (Lipinski definition) is 0. The third kappa shape index (κ3) is 5.93. The summed E-state index contributed by atoms with van der Waals surface area (Å²) in [5, 5.41) is 0. The third-order valence-corrected chi connectivity index (χ3v) is 3.52. The van der Waals surface area contributed by atoms with Crippen LogP contribution >= 0.6 is 0 Å². The fourth-order valence-corrected chi connectivity index (χ4v) is 2.15. The summed E-state index contributed by atoms with van der Waals surface area (Å²) in [4.78, 5) is 20.3. The number of halogens is 1. The summed E-state index contributed by atoms with van der Waals surface area (Å²) < 4.78 is 13.0. The Morgan fingerprint density at radius 1 is 1.17 bits per heavy atom. The van der Waals surface area contributed by atoms with E-state index in [9.17, 15) is 9.18 Å². The van der Waals surface area contributed by atoms with E-state index >= 15 is 0 Å². The van der Waals surface area contributed by atoms with Gasteiger partial charge in [-0.2, -0.15) is 0 Å². The summed E-state index contributed by atoms with van der Waals surface area (Å²) in [6.07, 6.45) is 6.70. The van der Waals surface area contributed by atoms with Gasteiger partial charge in [0.25, 0.3) is 0 Å². The second kappa shape index (κ2) is 8.93. The zero-order valence-electron chi connectivity index (χ0n) is 14.0. The fraction of sp³-hybridized carbons (Fsp3) is 0.263. The molecule has 24 heavy (non-hydrogen) atoms. The largest absolute Gasteiger partial charge is 0.334 e. The van der Waals surface area contributed by atoms with Crippen LogP contribution in [0.25, 0.3) is 6.08 Å². The SMILES string of the molecule is CN(C)CCN(Cc1ccc(F)cc1)C(=O)/C=C\c1cccnc1. The van der Waals surface area contributed by atoms with Gasteiger partial charge in [-0.1, -0.05) is 18.2 Å². The molecule has 4 nitrogen and oxygen atoms in total. The normalized spacial score (nSPS) is 11.2. The van der Waals surface area contributed by atoms with Gasteiger partial charge in [-0.15, -0.1) is 0 Å². The molecule has 0 bridgehead atoms. The Bertz CT molecular complexity index is 669. The summed E-state index contributed by atoms with van der Waals surface area (Å²) >= 11 is 0. The van der Waals surface area contributed by atoms with Gasteiger partial charge in [0, 0.05) is 38.1 Å². The van der Waals surface area contributed by atoms with Gasteiger partial charge in [-0.05, 0) is 49.5 Å². The Labute approximate surface area is 142 Å². The Hall–Kier alpha value is -2.53. The molecule has 0 atom stereocenters. The molecule has 0 radical (unpaired) electrons. The van der Waals surface area contributed by atoms with Crippen LogP contribution in [-0.4, -0.2) is 47.9 Å². The van der Waals surface area contributed by atoms with Crippen molar-refractivity contribution in [3.05, 3.63) is 71.8 Å². The minimum Gasteiger partial charge on any atom is -0.334 e. The molecule has 0 spiro atoms. The molecule has 0 saturated heterocycles. The molecule has 0 aliphatic rings. The molecule has 0 saturated carbocycles. The van der Waals surface area contributed by atoms with E-state index < -0.39 is 0 Å². The monoisotopic (exact) mass is 327 g/mol. The lowest BCUT2D eigenvalue weighted by Gasteiger charge is -2.23. The topological polar surface area (TPSA) is 36.4 Å². The number of carbonyl (C=O) groups is 1. The summed E-state index contributed by atoms with van der Waals surface area (Å²) in [5.41, 5.74) is 1.78. The van der Waals surface area contributed by atoms with Gasteiger partial charge >= 0.3 is 0 Å². The quantitative estimate of drug-likeness (QED) is 0.734. The highest BCUT2D eigenvalue weighted by Crippen LogP contribution is 2.08. The maximum Gasteiger partial charge on any atom is 0.246 e. The molecule has 126 valence electrons. The average Bonchev–Trinajstić information content (AvgIpc) is 2.59. The molecule has 2 rings (SSSR count). The lowest BCUT2D eigenvalue weighted by Crippen LogP contribution is -2.35. The number of pyridine rings is 1. The van der Waals surface area contributed by atoms with Crippen molar-refractivity contribution >= 4 is 12.0 Å². The Kier molecular flexibility index (Phi) is 6.63. The van der Waals surface area contributed by atoms with Gasteiger partial charge in [0.05, 0.1) is 0 Å². The molecular formula is C19H22FN3O. The molecule has 0 N–H and O–H groups in total. The average molecular weight is 327 g/mol. The number of likely N-dealkylation sites (N-methyl/N-ethyl adjacent to an activating group) is 1. The van der Waals surface area contributed by atoms with E-state index in [0.29, 0.717) is 13.1 Å². The number of nitrogens with zero attached hydrogens (tertiary/aromatic N) is 3. The highest BCUT2D eigenvalue weighted by Gasteiger charge is 2.12. The van der Waals surface area contributed by atoms with Gasteiger partial charge in [-0.3, -0.25) is 9.78 Å². The molecule has 5 heteroatoms. The van der Waals surface area contributed by atoms with Gasteiger partial charge in [0.1, 0.15) is 5.82 Å². The van der Waals surface area contributed by atoms with Crippen molar-refractivity contribution in [1.82, 2.24) is 14.8 Å². The number of carbonyl (C=O) groups excluding carboxylic acids is 1. The van der Waals surface area contributed by atoms with Crippen molar-refractivity contribution in [3.8, 4) is 0 Å². The number of aromatic nitrogens is 1. The second-order valence-corrected chi connectivity index (χ2v) is 5.81. The molecule has 2 aromatic rings. The summed E-state index contributed by atoms with van der Waals surface area (Å²) in [6, 6.07) is 9.95. The fourth-order valence-electron chi connectivity index (χ4n) is 2.15. The molecule has 0 fully saturated rings. The number of amides is 1. The second-order valence-electron chi connectivity index (χ2n) is 5.81. The molecule has 1 aromatic carbocycles. The van der Waals surface area contributed by atoms with Crippen LogP contribution in [0.1, 0.15) is 11.1 Å². The lowest BCUT2D eigenvalue weighted by atomic mass is 10.2. The molecule has 0 unspecified atom stereocenters. The molecule has 0 aliphatic heterocycles. The summed E-state index contributed by atoms with van der Waals surface area (Å²) in [7, 11) is 3.93. The van der Waals surface area contributed by atoms with E-state index in [1.54, 1.807) is 41.6 Å². The zero-order chi connectivity index (χ0) is 17.4. The third-order valence-electron chi connectivity index (χ3n) is 3.52. The first-order valence-electron chi connectivity index (χ1n) is 7.81. The molecule has 1 aromatic heterocycles. The first-order chi connectivity index (χ1) is 11.5. The summed E-state index contributed by atoms with van der Waals surface area (Å²) in [5.74, 6) is -0.355. The van der Waals surface area contributed by atoms with Crippen molar-refractivity contribution < 1.29 is 9.18 Å². The maximum atomic E-state index is 13.0. The Morgan fingerprint density at radius 2 is 1.92 bits per heavy atom. The van der Waals surface area contributed by atoms with Gasteiger partial charge in [-0.25, -0.2) is 4.39 Å². The van der Waals surface area contributed by atoms with Crippen LogP contribution in [0.5, 0.6) is 0 Å². The van der Waals surface area contributed by atoms with Gasteiger partial charge in [0.15, 0.2) is 0 Å². The molecule has 1 amide bonds. The predicted octanol–water partition coefficient (Wildman–Crippen LogP) is 2.82. The van der Waals surface area contributed by atoms with Crippen LogP contribution in [0, 0.1) is 5.82 Å². The van der Waals surface area contributed by atoms with E-state index in [1.807, 2.05) is 31.1 Å². The Morgan fingerprint density at radius 3 is 2.54 bits per heavy atom. The molecular weight excluding hydrogens is 305 g/mol. The first-order valence-corrected chi connectivity index (χ1v) is 7.81. The number of rotatable bonds is 7. The van der Waals surface area contributed by atoms with Crippen molar-refractivity contribution in [2.24, 2.45) is 0 Å². The van der Waals surface area contributed by atoms with Crippen LogP contribution < -0.4 is 0 Å². The van der Waals surface area contributed by atoms with E-state index in [-0.39, 0.29) is 11.7 Å². The van der Waals surface area contributed by atoms with E-state index in [1.165, 1.54) is 12.1 Å². The van der Waals surface area contributed by atoms with Crippen LogP contribution in [0.3, 0.4) is 0 Å². The first kappa shape index (κ1) is 17.8. The maximum absolute atomic E-state index is 13.0. The molecule has 0 aliphatic carbocycles. The van der Waals surface area contributed by atoms with Crippen molar-refractivity contribution in [2.45, 2.75) is 6.54 Å².